The van der Waals surface area contributed by atoms with Gasteiger partial charge in [0.05, 0.1) is 26.4 Å². The maximum Gasteiger partial charge on any atom is 0.472 e. The lowest BCUT2D eigenvalue weighted by Gasteiger charge is -2.21. The average molecular weight is 1340 g/mol. The molecule has 0 heterocycles. The third-order valence-electron chi connectivity index (χ3n) is 16.9. The van der Waals surface area contributed by atoms with Crippen molar-refractivity contribution < 1.29 is 80.2 Å². The number of aliphatic hydroxyl groups is 1. The molecule has 0 aliphatic carbocycles. The minimum absolute atomic E-state index is 0.103. The monoisotopic (exact) mass is 1340 g/mol. The highest BCUT2D eigenvalue weighted by Crippen LogP contribution is 2.45. The third-order valence-corrected chi connectivity index (χ3v) is 18.8. The van der Waals surface area contributed by atoms with Gasteiger partial charge in [0.1, 0.15) is 19.3 Å². The van der Waals surface area contributed by atoms with E-state index in [0.717, 1.165) is 115 Å². The van der Waals surface area contributed by atoms with E-state index in [2.05, 4.69) is 55.4 Å². The molecule has 0 aliphatic heterocycles. The summed E-state index contributed by atoms with van der Waals surface area (Å²) in [5.74, 6) is 0.814. The Morgan fingerprint density at radius 3 is 0.780 bits per heavy atom. The van der Waals surface area contributed by atoms with Crippen LogP contribution in [0.1, 0.15) is 357 Å². The van der Waals surface area contributed by atoms with E-state index in [0.29, 0.717) is 37.5 Å². The number of rotatable bonds is 69. The van der Waals surface area contributed by atoms with Crippen LogP contribution in [-0.4, -0.2) is 96.7 Å². The van der Waals surface area contributed by atoms with E-state index >= 15 is 0 Å². The number of esters is 4. The van der Waals surface area contributed by atoms with Crippen LogP contribution in [0, 0.1) is 23.7 Å². The summed E-state index contributed by atoms with van der Waals surface area (Å²) >= 11 is 0. The fourth-order valence-electron chi connectivity index (χ4n) is 10.8. The highest BCUT2D eigenvalue weighted by atomic mass is 31.2. The molecule has 19 heteroatoms. The van der Waals surface area contributed by atoms with Crippen LogP contribution in [0.15, 0.2) is 0 Å². The number of aliphatic hydroxyl groups excluding tert-OH is 1. The zero-order chi connectivity index (χ0) is 67.5. The van der Waals surface area contributed by atoms with Crippen LogP contribution >= 0.6 is 15.6 Å². The Bertz CT molecular complexity index is 1800. The molecule has 0 saturated heterocycles. The van der Waals surface area contributed by atoms with Crippen molar-refractivity contribution in [3.63, 3.8) is 0 Å². The van der Waals surface area contributed by atoms with Crippen LogP contribution < -0.4 is 0 Å². The van der Waals surface area contributed by atoms with Gasteiger partial charge >= 0.3 is 39.5 Å². The molecule has 0 rings (SSSR count). The van der Waals surface area contributed by atoms with Gasteiger partial charge in [-0.1, -0.05) is 306 Å². The zero-order valence-corrected chi connectivity index (χ0v) is 61.3. The predicted octanol–water partition coefficient (Wildman–Crippen LogP) is 20.5. The Hall–Kier alpha value is -1.94. The summed E-state index contributed by atoms with van der Waals surface area (Å²) in [6.45, 7) is 14.0. The van der Waals surface area contributed by atoms with Gasteiger partial charge < -0.3 is 33.8 Å². The van der Waals surface area contributed by atoms with E-state index < -0.39 is 97.5 Å². The van der Waals surface area contributed by atoms with Crippen molar-refractivity contribution in [2.24, 2.45) is 23.7 Å². The second-order valence-electron chi connectivity index (χ2n) is 27.6. The summed E-state index contributed by atoms with van der Waals surface area (Å²) in [5.41, 5.74) is 0. The Morgan fingerprint density at radius 2 is 0.527 bits per heavy atom. The zero-order valence-electron chi connectivity index (χ0n) is 59.5. The van der Waals surface area contributed by atoms with E-state index in [1.165, 1.54) is 148 Å². The largest absolute Gasteiger partial charge is 0.472 e. The van der Waals surface area contributed by atoms with Gasteiger partial charge in [-0.25, -0.2) is 9.13 Å². The fraction of sp³-hybridized carbons (Fsp3) is 0.944. The van der Waals surface area contributed by atoms with Crippen molar-refractivity contribution in [3.8, 4) is 0 Å². The molecule has 0 spiro atoms. The number of hydrogen-bond acceptors (Lipinski definition) is 15. The molecule has 540 valence electrons. The van der Waals surface area contributed by atoms with E-state index in [-0.39, 0.29) is 25.7 Å². The second kappa shape index (κ2) is 61.6. The highest BCUT2D eigenvalue weighted by Gasteiger charge is 2.30. The standard InChI is InChI=1S/C72H140O17P2/c1-9-65(8)51-43-35-25-20-18-16-14-12-10-11-13-15-17-19-21-26-38-46-54-71(76)88-67(58-82-69(74)52-44-36-30-28-33-41-49-63(4)5)60-86-90(78,79)84-56-66(73)57-85-91(80,81)87-61-68(59-83-70(75)53-45-37-31-29-34-42-50-64(6)7)89-72(77)55-47-39-27-23-22-24-32-40-48-62(2)3/h62-68,73H,9-61H2,1-8H3,(H,78,79)(H,80,81)/t65?,66-,67-,68-/m1/s1. The summed E-state index contributed by atoms with van der Waals surface area (Å²) in [5, 5.41) is 10.6. The van der Waals surface area contributed by atoms with Gasteiger partial charge in [-0.3, -0.25) is 37.3 Å². The second-order valence-corrected chi connectivity index (χ2v) is 30.6. The molecular weight excluding hydrogens is 1200 g/mol. The first-order chi connectivity index (χ1) is 43.6. The van der Waals surface area contributed by atoms with E-state index in [9.17, 15) is 43.2 Å². The first-order valence-corrected chi connectivity index (χ1v) is 40.2. The van der Waals surface area contributed by atoms with Gasteiger partial charge in [-0.2, -0.15) is 0 Å². The molecule has 0 fully saturated rings. The lowest BCUT2D eigenvalue weighted by molar-refractivity contribution is -0.161. The Labute approximate surface area is 556 Å². The molecule has 91 heavy (non-hydrogen) atoms. The predicted molar refractivity (Wildman–Crippen MR) is 367 cm³/mol. The van der Waals surface area contributed by atoms with E-state index in [4.69, 9.17) is 37.0 Å². The molecule has 0 aromatic carbocycles. The van der Waals surface area contributed by atoms with Crippen molar-refractivity contribution in [3.05, 3.63) is 0 Å². The summed E-state index contributed by atoms with van der Waals surface area (Å²) < 4.78 is 68.2. The molecule has 0 aromatic rings. The van der Waals surface area contributed by atoms with Gasteiger partial charge in [0, 0.05) is 25.7 Å². The molecule has 0 aromatic heterocycles. The van der Waals surface area contributed by atoms with Crippen LogP contribution in [0.2, 0.25) is 0 Å². The summed E-state index contributed by atoms with van der Waals surface area (Å²) in [6.07, 6.45) is 45.0. The van der Waals surface area contributed by atoms with Gasteiger partial charge in [-0.15, -0.1) is 0 Å². The van der Waals surface area contributed by atoms with E-state index in [1.807, 2.05) is 0 Å². The Kier molecular flexibility index (Phi) is 60.3. The maximum absolute atomic E-state index is 13.0. The first kappa shape index (κ1) is 89.1. The molecule has 0 bridgehead atoms. The molecular formula is C72H140O17P2. The number of unbranched alkanes of at least 4 members (excludes halogenated alkanes) is 34. The van der Waals surface area contributed by atoms with E-state index in [1.54, 1.807) is 0 Å². The average Bonchev–Trinajstić information content (AvgIpc) is 3.20. The number of carbonyl (C=O) groups excluding carboxylic acids is 4. The molecule has 3 unspecified atom stereocenters. The topological polar surface area (TPSA) is 237 Å². The van der Waals surface area contributed by atoms with Crippen LogP contribution in [0.25, 0.3) is 0 Å². The lowest BCUT2D eigenvalue weighted by Crippen LogP contribution is -2.30. The van der Waals surface area contributed by atoms with Gasteiger partial charge in [0.15, 0.2) is 12.2 Å². The quantitative estimate of drug-likeness (QED) is 0.0222. The highest BCUT2D eigenvalue weighted by molar-refractivity contribution is 7.47. The number of ether oxygens (including phenoxy) is 4. The van der Waals surface area contributed by atoms with Gasteiger partial charge in [0.25, 0.3) is 0 Å². The van der Waals surface area contributed by atoms with Crippen LogP contribution in [0.5, 0.6) is 0 Å². The smallest absolute Gasteiger partial charge is 0.462 e. The van der Waals surface area contributed by atoms with Crippen LogP contribution in [0.3, 0.4) is 0 Å². The Morgan fingerprint density at radius 1 is 0.308 bits per heavy atom. The third kappa shape index (κ3) is 65.1. The van der Waals surface area contributed by atoms with Crippen molar-refractivity contribution >= 4 is 39.5 Å². The molecule has 3 N–H and O–H groups in total. The molecule has 0 radical (unpaired) electrons. The summed E-state index contributed by atoms with van der Waals surface area (Å²) in [6, 6.07) is 0. The van der Waals surface area contributed by atoms with Crippen molar-refractivity contribution in [2.45, 2.75) is 375 Å². The summed E-state index contributed by atoms with van der Waals surface area (Å²) in [7, 11) is -9.90. The molecule has 0 amide bonds. The fourth-order valence-corrected chi connectivity index (χ4v) is 12.4. The summed E-state index contributed by atoms with van der Waals surface area (Å²) in [4.78, 5) is 72.4. The number of carbonyl (C=O) groups is 4. The minimum Gasteiger partial charge on any atom is -0.462 e. The van der Waals surface area contributed by atoms with Crippen molar-refractivity contribution in [1.82, 2.24) is 0 Å². The molecule has 17 nitrogen and oxygen atoms in total. The van der Waals surface area contributed by atoms with Crippen molar-refractivity contribution in [1.29, 1.82) is 0 Å². The molecule has 6 atom stereocenters. The van der Waals surface area contributed by atoms with Gasteiger partial charge in [-0.05, 0) is 49.4 Å². The lowest BCUT2D eigenvalue weighted by atomic mass is 9.99. The van der Waals surface area contributed by atoms with Crippen LogP contribution in [-0.2, 0) is 65.4 Å². The maximum atomic E-state index is 13.0. The normalized spacial score (nSPS) is 14.5. The first-order valence-electron chi connectivity index (χ1n) is 37.2. The number of phosphoric acid groups is 2. The van der Waals surface area contributed by atoms with Crippen LogP contribution in [0.4, 0.5) is 0 Å². The number of hydrogen-bond donors (Lipinski definition) is 3. The molecule has 0 saturated carbocycles. The number of phosphoric ester groups is 2. The minimum atomic E-state index is -4.95. The SMILES string of the molecule is CCC(C)CCCCCCCCCCCCCCCCCCCCC(=O)O[C@H](COC(=O)CCCCCCCCC(C)C)COP(=O)(O)OC[C@@H](O)COP(=O)(O)OC[C@@H](COC(=O)CCCCCCCCC(C)C)OC(=O)CCCCCCCCCCC(C)C. The van der Waals surface area contributed by atoms with Crippen molar-refractivity contribution in [2.75, 3.05) is 39.6 Å². The molecule has 0 aliphatic rings. The Balaban J connectivity index is 5.12. The van der Waals surface area contributed by atoms with Gasteiger partial charge in [0.2, 0.25) is 0 Å².